The molecule has 2 N–H and O–H groups in total. The van der Waals surface area contributed by atoms with Crippen LogP contribution < -0.4 is 20.2 Å². The number of thiocarbonyl (C=S) groups is 1. The Morgan fingerprint density at radius 3 is 2.96 bits per heavy atom. The predicted octanol–water partition coefficient (Wildman–Crippen LogP) is 3.02. The van der Waals surface area contributed by atoms with E-state index in [0.717, 1.165) is 16.3 Å². The standard InChI is InChI=1S/C17H20N4O2S2/c1-4-7-18-17(24)21-19-9-13-5-6-15(16(8-13)22-3)23-10-14-11-25-12(2)20-14/h4-6,8-9,11H,1,7,10H2,2-3H3,(H2,18,21,24)/b19-9-. The minimum Gasteiger partial charge on any atom is -0.493 e. The predicted molar refractivity (Wildman–Crippen MR) is 106 cm³/mol. The largest absolute Gasteiger partial charge is 0.493 e. The Bertz CT molecular complexity index is 759. The summed E-state index contributed by atoms with van der Waals surface area (Å²) in [5.74, 6) is 1.28. The maximum absolute atomic E-state index is 5.79. The van der Waals surface area contributed by atoms with Crippen molar-refractivity contribution >= 4 is 34.9 Å². The maximum atomic E-state index is 5.79. The van der Waals surface area contributed by atoms with E-state index in [2.05, 4.69) is 27.4 Å². The molecule has 1 aromatic carbocycles. The molecule has 0 atom stereocenters. The number of rotatable bonds is 8. The fraction of sp³-hybridized carbons (Fsp3) is 0.235. The number of hydrogen-bond donors (Lipinski definition) is 2. The molecule has 132 valence electrons. The summed E-state index contributed by atoms with van der Waals surface area (Å²) in [6.45, 7) is 6.56. The van der Waals surface area contributed by atoms with Gasteiger partial charge in [-0.15, -0.1) is 17.9 Å². The Hall–Kier alpha value is -2.45. The van der Waals surface area contributed by atoms with Crippen molar-refractivity contribution in [2.24, 2.45) is 5.10 Å². The zero-order valence-electron chi connectivity index (χ0n) is 14.1. The van der Waals surface area contributed by atoms with Crippen molar-refractivity contribution in [3.8, 4) is 11.5 Å². The quantitative estimate of drug-likeness (QED) is 0.319. The van der Waals surface area contributed by atoms with E-state index in [4.69, 9.17) is 21.7 Å². The number of nitrogens with zero attached hydrogens (tertiary/aromatic N) is 2. The second-order valence-corrected chi connectivity index (χ2v) is 6.40. The summed E-state index contributed by atoms with van der Waals surface area (Å²) in [5.41, 5.74) is 4.49. The number of aryl methyl sites for hydroxylation is 1. The van der Waals surface area contributed by atoms with Crippen LogP contribution in [0.1, 0.15) is 16.3 Å². The van der Waals surface area contributed by atoms with E-state index in [9.17, 15) is 0 Å². The molecule has 1 aromatic heterocycles. The van der Waals surface area contributed by atoms with Crippen LogP contribution in [0, 0.1) is 6.92 Å². The summed E-state index contributed by atoms with van der Waals surface area (Å²) in [6, 6.07) is 5.57. The zero-order valence-corrected chi connectivity index (χ0v) is 15.7. The molecule has 0 spiro atoms. The van der Waals surface area contributed by atoms with Gasteiger partial charge in [-0.1, -0.05) is 6.08 Å². The third kappa shape index (κ3) is 6.17. The highest BCUT2D eigenvalue weighted by Crippen LogP contribution is 2.28. The average molecular weight is 377 g/mol. The molecule has 0 radical (unpaired) electrons. The lowest BCUT2D eigenvalue weighted by atomic mass is 10.2. The number of nitrogens with one attached hydrogen (secondary N) is 2. The first-order valence-corrected chi connectivity index (χ1v) is 8.81. The third-order valence-electron chi connectivity index (χ3n) is 3.02. The molecule has 0 saturated carbocycles. The van der Waals surface area contributed by atoms with Crippen LogP contribution in [0.25, 0.3) is 0 Å². The van der Waals surface area contributed by atoms with Crippen molar-refractivity contribution in [3.63, 3.8) is 0 Å². The molecule has 2 rings (SSSR count). The molecule has 0 unspecified atom stereocenters. The van der Waals surface area contributed by atoms with Gasteiger partial charge in [0, 0.05) is 11.9 Å². The molecule has 6 nitrogen and oxygen atoms in total. The van der Waals surface area contributed by atoms with Crippen LogP contribution in [-0.4, -0.2) is 30.0 Å². The van der Waals surface area contributed by atoms with Gasteiger partial charge < -0.3 is 14.8 Å². The van der Waals surface area contributed by atoms with Crippen LogP contribution in [0.3, 0.4) is 0 Å². The summed E-state index contributed by atoms with van der Waals surface area (Å²) < 4.78 is 11.2. The van der Waals surface area contributed by atoms with Gasteiger partial charge in [0.25, 0.3) is 0 Å². The van der Waals surface area contributed by atoms with Gasteiger partial charge in [0.2, 0.25) is 0 Å². The summed E-state index contributed by atoms with van der Waals surface area (Å²) >= 11 is 6.65. The third-order valence-corrected chi connectivity index (χ3v) is 4.07. The number of hydrogen-bond acceptors (Lipinski definition) is 6. The Labute approximate surface area is 156 Å². The normalized spacial score (nSPS) is 10.5. The molecule has 2 aromatic rings. The highest BCUT2D eigenvalue weighted by atomic mass is 32.1. The monoisotopic (exact) mass is 376 g/mol. The summed E-state index contributed by atoms with van der Waals surface area (Å²) in [5, 5.41) is 10.4. The summed E-state index contributed by atoms with van der Waals surface area (Å²) in [4.78, 5) is 4.38. The molecular formula is C17H20N4O2S2. The maximum Gasteiger partial charge on any atom is 0.187 e. The molecule has 8 heteroatoms. The molecule has 1 heterocycles. The first-order valence-electron chi connectivity index (χ1n) is 7.52. The van der Waals surface area contributed by atoms with E-state index < -0.39 is 0 Å². The number of ether oxygens (including phenoxy) is 2. The van der Waals surface area contributed by atoms with E-state index in [1.165, 1.54) is 0 Å². The molecule has 0 bridgehead atoms. The van der Waals surface area contributed by atoms with Gasteiger partial charge in [-0.25, -0.2) is 4.98 Å². The van der Waals surface area contributed by atoms with E-state index in [0.29, 0.717) is 29.8 Å². The van der Waals surface area contributed by atoms with Crippen LogP contribution in [0.15, 0.2) is 41.3 Å². The molecule has 0 aliphatic heterocycles. The summed E-state index contributed by atoms with van der Waals surface area (Å²) in [7, 11) is 1.60. The number of thiazole rings is 1. The highest BCUT2D eigenvalue weighted by molar-refractivity contribution is 7.80. The molecule has 0 fully saturated rings. The topological polar surface area (TPSA) is 67.8 Å². The first-order chi connectivity index (χ1) is 12.1. The van der Waals surface area contributed by atoms with Crippen molar-refractivity contribution in [1.29, 1.82) is 0 Å². The Morgan fingerprint density at radius 1 is 1.44 bits per heavy atom. The second kappa shape index (κ2) is 9.75. The molecule has 0 amide bonds. The van der Waals surface area contributed by atoms with Crippen molar-refractivity contribution in [2.75, 3.05) is 13.7 Å². The minimum absolute atomic E-state index is 0.402. The van der Waals surface area contributed by atoms with E-state index in [1.807, 2.05) is 30.5 Å². The van der Waals surface area contributed by atoms with Gasteiger partial charge in [0.15, 0.2) is 16.6 Å². The smallest absolute Gasteiger partial charge is 0.187 e. The first kappa shape index (κ1) is 18.9. The zero-order chi connectivity index (χ0) is 18.1. The van der Waals surface area contributed by atoms with E-state index >= 15 is 0 Å². The molecule has 25 heavy (non-hydrogen) atoms. The van der Waals surface area contributed by atoms with Gasteiger partial charge >= 0.3 is 0 Å². The number of aromatic nitrogens is 1. The lowest BCUT2D eigenvalue weighted by molar-refractivity contribution is 0.281. The highest BCUT2D eigenvalue weighted by Gasteiger charge is 2.07. The Balaban J connectivity index is 1.95. The number of methoxy groups -OCH3 is 1. The Kier molecular flexibility index (Phi) is 7.36. The number of benzene rings is 1. The molecular weight excluding hydrogens is 356 g/mol. The lowest BCUT2D eigenvalue weighted by Gasteiger charge is -2.10. The van der Waals surface area contributed by atoms with E-state index in [-0.39, 0.29) is 0 Å². The Morgan fingerprint density at radius 2 is 2.28 bits per heavy atom. The average Bonchev–Trinajstić information content (AvgIpc) is 3.04. The van der Waals surface area contributed by atoms with Gasteiger partial charge in [-0.05, 0) is 42.9 Å². The molecule has 0 aliphatic carbocycles. The second-order valence-electron chi connectivity index (χ2n) is 4.93. The minimum atomic E-state index is 0.402. The van der Waals surface area contributed by atoms with Gasteiger partial charge in [-0.3, -0.25) is 5.43 Å². The lowest BCUT2D eigenvalue weighted by Crippen LogP contribution is -2.31. The van der Waals surface area contributed by atoms with Gasteiger partial charge in [0.05, 0.1) is 24.0 Å². The van der Waals surface area contributed by atoms with Crippen molar-refractivity contribution in [2.45, 2.75) is 13.5 Å². The van der Waals surface area contributed by atoms with Crippen LogP contribution in [-0.2, 0) is 6.61 Å². The number of hydrazone groups is 1. The van der Waals surface area contributed by atoms with Crippen molar-refractivity contribution in [3.05, 3.63) is 52.5 Å². The van der Waals surface area contributed by atoms with Gasteiger partial charge in [-0.2, -0.15) is 5.10 Å². The SMILES string of the molecule is C=CCNC(=S)N/N=C\c1ccc(OCc2csc(C)n2)c(OC)c1. The van der Waals surface area contributed by atoms with Crippen LogP contribution in [0.2, 0.25) is 0 Å². The van der Waals surface area contributed by atoms with E-state index in [1.54, 1.807) is 30.7 Å². The van der Waals surface area contributed by atoms with Crippen LogP contribution in [0.5, 0.6) is 11.5 Å². The fourth-order valence-electron chi connectivity index (χ4n) is 1.88. The fourth-order valence-corrected chi connectivity index (χ4v) is 2.61. The summed E-state index contributed by atoms with van der Waals surface area (Å²) in [6.07, 6.45) is 3.37. The van der Waals surface area contributed by atoms with Crippen LogP contribution in [0.4, 0.5) is 0 Å². The van der Waals surface area contributed by atoms with Crippen LogP contribution >= 0.6 is 23.6 Å². The molecule has 0 saturated heterocycles. The van der Waals surface area contributed by atoms with Gasteiger partial charge in [0.1, 0.15) is 6.61 Å². The van der Waals surface area contributed by atoms with Crippen molar-refractivity contribution < 1.29 is 9.47 Å². The van der Waals surface area contributed by atoms with Crippen molar-refractivity contribution in [1.82, 2.24) is 15.7 Å². The molecule has 0 aliphatic rings.